The molecule has 8 heteroatoms. The van der Waals surface area contributed by atoms with Gasteiger partial charge in [0.1, 0.15) is 5.75 Å². The highest BCUT2D eigenvalue weighted by Crippen LogP contribution is 2.35. The van der Waals surface area contributed by atoms with E-state index in [4.69, 9.17) is 9.84 Å². The number of halogens is 3. The van der Waals surface area contributed by atoms with Crippen molar-refractivity contribution in [2.24, 2.45) is 0 Å². The fourth-order valence-corrected chi connectivity index (χ4v) is 3.96. The topological polar surface area (TPSA) is 47.4 Å². The summed E-state index contributed by atoms with van der Waals surface area (Å²) in [5.74, 6) is 0.645. The molecule has 0 N–H and O–H groups in total. The standard InChI is InChI=1S/C23H22F3N3O2/c1-15(30)28-11-10-20-19(14-28)22(16-7-5-8-18(12-16)23(24,25)26)27-29(20)13-17-6-3-4-9-21(17)31-2/h3-9,12H,10-11,13-14H2,1-2H3. The maximum absolute atomic E-state index is 13.3. The van der Waals surface area contributed by atoms with Crippen LogP contribution in [-0.2, 0) is 30.5 Å². The molecular formula is C23H22F3N3O2. The summed E-state index contributed by atoms with van der Waals surface area (Å²) >= 11 is 0. The van der Waals surface area contributed by atoms with Crippen molar-refractivity contribution in [1.82, 2.24) is 14.7 Å². The highest BCUT2D eigenvalue weighted by molar-refractivity contribution is 5.74. The number of nitrogens with zero attached hydrogens (tertiary/aromatic N) is 3. The summed E-state index contributed by atoms with van der Waals surface area (Å²) in [5, 5.41) is 4.71. The van der Waals surface area contributed by atoms with Crippen molar-refractivity contribution in [3.05, 3.63) is 70.9 Å². The van der Waals surface area contributed by atoms with Crippen LogP contribution in [0.3, 0.4) is 0 Å². The second-order valence-electron chi connectivity index (χ2n) is 7.51. The summed E-state index contributed by atoms with van der Waals surface area (Å²) in [5.41, 5.74) is 2.76. The molecule has 1 amide bonds. The first-order valence-corrected chi connectivity index (χ1v) is 9.91. The Morgan fingerprint density at radius 3 is 2.65 bits per heavy atom. The van der Waals surface area contributed by atoms with Gasteiger partial charge < -0.3 is 9.64 Å². The summed E-state index contributed by atoms with van der Waals surface area (Å²) in [6.45, 7) is 2.78. The third kappa shape index (κ3) is 4.15. The number of fused-ring (bicyclic) bond motifs is 1. The van der Waals surface area contributed by atoms with Crippen molar-refractivity contribution in [1.29, 1.82) is 0 Å². The van der Waals surface area contributed by atoms with Gasteiger partial charge in [-0.05, 0) is 18.2 Å². The summed E-state index contributed by atoms with van der Waals surface area (Å²) < 4.78 is 47.1. The molecule has 0 radical (unpaired) electrons. The summed E-state index contributed by atoms with van der Waals surface area (Å²) in [4.78, 5) is 13.6. The SMILES string of the molecule is COc1ccccc1Cn1nc(-c2cccc(C(F)(F)F)c2)c2c1CCN(C(C)=O)C2. The predicted octanol–water partition coefficient (Wildman–Crippen LogP) is 4.53. The van der Waals surface area contributed by atoms with Crippen LogP contribution in [0.4, 0.5) is 13.2 Å². The quantitative estimate of drug-likeness (QED) is 0.612. The van der Waals surface area contributed by atoms with Gasteiger partial charge in [0.25, 0.3) is 0 Å². The number of amides is 1. The Morgan fingerprint density at radius 2 is 1.94 bits per heavy atom. The van der Waals surface area contributed by atoms with Gasteiger partial charge in [-0.25, -0.2) is 0 Å². The van der Waals surface area contributed by atoms with E-state index in [1.54, 1.807) is 18.1 Å². The smallest absolute Gasteiger partial charge is 0.416 e. The summed E-state index contributed by atoms with van der Waals surface area (Å²) in [6.07, 6.45) is -3.86. The van der Waals surface area contributed by atoms with Gasteiger partial charge in [0, 0.05) is 48.8 Å². The molecule has 4 rings (SSSR count). The fourth-order valence-electron chi connectivity index (χ4n) is 3.96. The van der Waals surface area contributed by atoms with Crippen LogP contribution in [0, 0.1) is 0 Å². The lowest BCUT2D eigenvalue weighted by molar-refractivity contribution is -0.137. The van der Waals surface area contributed by atoms with E-state index in [0.717, 1.165) is 29.0 Å². The number of para-hydroxylation sites is 1. The average Bonchev–Trinajstić information content (AvgIpc) is 3.11. The van der Waals surface area contributed by atoms with Crippen molar-refractivity contribution >= 4 is 5.91 Å². The van der Waals surface area contributed by atoms with Gasteiger partial charge in [-0.3, -0.25) is 9.48 Å². The molecule has 2 heterocycles. The number of alkyl halides is 3. The Morgan fingerprint density at radius 1 is 1.16 bits per heavy atom. The highest BCUT2D eigenvalue weighted by atomic mass is 19.4. The van der Waals surface area contributed by atoms with Gasteiger partial charge >= 0.3 is 6.18 Å². The van der Waals surface area contributed by atoms with Crippen LogP contribution in [0.1, 0.15) is 29.3 Å². The maximum Gasteiger partial charge on any atom is 0.416 e. The van der Waals surface area contributed by atoms with Gasteiger partial charge in [0.15, 0.2) is 0 Å². The minimum atomic E-state index is -4.44. The monoisotopic (exact) mass is 429 g/mol. The minimum absolute atomic E-state index is 0.0712. The van der Waals surface area contributed by atoms with E-state index < -0.39 is 11.7 Å². The molecule has 0 atom stereocenters. The Kier molecular flexibility index (Phi) is 5.47. The largest absolute Gasteiger partial charge is 0.496 e. The van der Waals surface area contributed by atoms with Crippen LogP contribution in [-0.4, -0.2) is 34.2 Å². The predicted molar refractivity (Wildman–Crippen MR) is 110 cm³/mol. The minimum Gasteiger partial charge on any atom is -0.496 e. The van der Waals surface area contributed by atoms with Gasteiger partial charge in [-0.15, -0.1) is 0 Å². The first-order chi connectivity index (χ1) is 14.8. The van der Waals surface area contributed by atoms with Gasteiger partial charge in [0.2, 0.25) is 5.91 Å². The second kappa shape index (κ2) is 8.09. The van der Waals surface area contributed by atoms with Crippen LogP contribution < -0.4 is 4.74 Å². The number of hydrogen-bond acceptors (Lipinski definition) is 3. The van der Waals surface area contributed by atoms with E-state index >= 15 is 0 Å². The molecule has 1 aliphatic heterocycles. The van der Waals surface area contributed by atoms with E-state index in [0.29, 0.717) is 43.1 Å². The van der Waals surface area contributed by atoms with E-state index in [-0.39, 0.29) is 5.91 Å². The van der Waals surface area contributed by atoms with Crippen LogP contribution in [0.25, 0.3) is 11.3 Å². The van der Waals surface area contributed by atoms with Crippen molar-refractivity contribution < 1.29 is 22.7 Å². The molecule has 1 aliphatic rings. The highest BCUT2D eigenvalue weighted by Gasteiger charge is 2.32. The lowest BCUT2D eigenvalue weighted by Gasteiger charge is -2.27. The number of benzene rings is 2. The Labute approximate surface area is 178 Å². The number of carbonyl (C=O) groups is 1. The molecule has 0 saturated carbocycles. The summed E-state index contributed by atoms with van der Waals surface area (Å²) in [6, 6.07) is 12.7. The molecule has 0 spiro atoms. The molecule has 162 valence electrons. The zero-order valence-corrected chi connectivity index (χ0v) is 17.2. The van der Waals surface area contributed by atoms with Gasteiger partial charge in [-0.1, -0.05) is 30.3 Å². The van der Waals surface area contributed by atoms with Crippen molar-refractivity contribution in [3.8, 4) is 17.0 Å². The molecule has 0 unspecified atom stereocenters. The van der Waals surface area contributed by atoms with Crippen molar-refractivity contribution in [2.75, 3.05) is 13.7 Å². The second-order valence-corrected chi connectivity index (χ2v) is 7.51. The lowest BCUT2D eigenvalue weighted by atomic mass is 9.99. The first-order valence-electron chi connectivity index (χ1n) is 9.91. The van der Waals surface area contributed by atoms with Crippen molar-refractivity contribution in [3.63, 3.8) is 0 Å². The third-order valence-corrected chi connectivity index (χ3v) is 5.56. The molecular weight excluding hydrogens is 407 g/mol. The van der Waals surface area contributed by atoms with E-state index in [1.807, 2.05) is 28.9 Å². The normalized spacial score (nSPS) is 13.8. The lowest BCUT2D eigenvalue weighted by Crippen LogP contribution is -2.34. The van der Waals surface area contributed by atoms with Gasteiger partial charge in [0.05, 0.1) is 24.9 Å². The molecule has 2 aromatic carbocycles. The number of rotatable bonds is 4. The van der Waals surface area contributed by atoms with Crippen LogP contribution in [0.2, 0.25) is 0 Å². The van der Waals surface area contributed by atoms with Crippen LogP contribution >= 0.6 is 0 Å². The number of aromatic nitrogens is 2. The molecule has 0 bridgehead atoms. The molecule has 3 aromatic rings. The Bertz CT molecular complexity index is 1120. The average molecular weight is 429 g/mol. The molecule has 0 saturated heterocycles. The first kappa shape index (κ1) is 21.0. The Hall–Kier alpha value is -3.29. The number of carbonyl (C=O) groups excluding carboxylic acids is 1. The Balaban J connectivity index is 1.81. The number of methoxy groups -OCH3 is 1. The number of ether oxygens (including phenoxy) is 1. The van der Waals surface area contributed by atoms with Crippen molar-refractivity contribution in [2.45, 2.75) is 32.6 Å². The molecule has 5 nitrogen and oxygen atoms in total. The molecule has 31 heavy (non-hydrogen) atoms. The van der Waals surface area contributed by atoms with Gasteiger partial charge in [-0.2, -0.15) is 18.3 Å². The fraction of sp³-hybridized carbons (Fsp3) is 0.304. The molecule has 1 aromatic heterocycles. The zero-order chi connectivity index (χ0) is 22.2. The molecule has 0 fully saturated rings. The van der Waals surface area contributed by atoms with E-state index in [2.05, 4.69) is 0 Å². The zero-order valence-electron chi connectivity index (χ0n) is 17.2. The van der Waals surface area contributed by atoms with Crippen LogP contribution in [0.5, 0.6) is 5.75 Å². The maximum atomic E-state index is 13.3. The third-order valence-electron chi connectivity index (χ3n) is 5.56. The molecule has 0 aliphatic carbocycles. The number of hydrogen-bond donors (Lipinski definition) is 0. The summed E-state index contributed by atoms with van der Waals surface area (Å²) in [7, 11) is 1.59. The van der Waals surface area contributed by atoms with E-state index in [9.17, 15) is 18.0 Å². The van der Waals surface area contributed by atoms with Crippen LogP contribution in [0.15, 0.2) is 48.5 Å². The van der Waals surface area contributed by atoms with E-state index in [1.165, 1.54) is 13.0 Å².